The van der Waals surface area contributed by atoms with Crippen molar-refractivity contribution in [3.05, 3.63) is 12.7 Å². The maximum absolute atomic E-state index is 10.8. The molecule has 0 saturated carbocycles. The lowest BCUT2D eigenvalue weighted by atomic mass is 10.1. The molecule has 1 unspecified atom stereocenters. The summed E-state index contributed by atoms with van der Waals surface area (Å²) in [5.41, 5.74) is 0. The fourth-order valence-electron chi connectivity index (χ4n) is 2.50. The zero-order valence-corrected chi connectivity index (χ0v) is 10.8. The molecule has 1 aliphatic rings. The molecule has 1 fully saturated rings. The first-order valence-electron chi connectivity index (χ1n) is 6.46. The van der Waals surface area contributed by atoms with Gasteiger partial charge in [-0.3, -0.25) is 9.69 Å². The molecule has 1 atom stereocenters. The summed E-state index contributed by atoms with van der Waals surface area (Å²) in [4.78, 5) is 15.3. The number of likely N-dealkylation sites (tertiary alicyclic amines) is 1. The number of aliphatic carboxylic acids is 1. The molecule has 0 bridgehead atoms. The van der Waals surface area contributed by atoms with E-state index in [1.54, 1.807) is 6.08 Å². The fourth-order valence-corrected chi connectivity index (χ4v) is 2.50. The van der Waals surface area contributed by atoms with E-state index in [9.17, 15) is 4.79 Å². The van der Waals surface area contributed by atoms with Crippen LogP contribution in [-0.2, 0) is 4.79 Å². The first kappa shape index (κ1) is 14.2. The van der Waals surface area contributed by atoms with Crippen molar-refractivity contribution in [3.8, 4) is 0 Å². The predicted molar refractivity (Wildman–Crippen MR) is 69.2 cm³/mol. The maximum Gasteiger partial charge on any atom is 0.317 e. The Hall–Kier alpha value is -0.870. The van der Waals surface area contributed by atoms with Crippen molar-refractivity contribution < 1.29 is 9.90 Å². The third kappa shape index (κ3) is 4.88. The van der Waals surface area contributed by atoms with Gasteiger partial charge in [0.1, 0.15) is 0 Å². The summed E-state index contributed by atoms with van der Waals surface area (Å²) in [7, 11) is 0. The minimum Gasteiger partial charge on any atom is -0.480 e. The highest BCUT2D eigenvalue weighted by Crippen LogP contribution is 2.16. The van der Waals surface area contributed by atoms with Gasteiger partial charge in [-0.15, -0.1) is 6.58 Å². The maximum atomic E-state index is 10.8. The summed E-state index contributed by atoms with van der Waals surface area (Å²) < 4.78 is 0. The van der Waals surface area contributed by atoms with Crippen LogP contribution in [0.2, 0.25) is 0 Å². The van der Waals surface area contributed by atoms with Crippen molar-refractivity contribution in [3.63, 3.8) is 0 Å². The molecule has 4 heteroatoms. The molecule has 1 N–H and O–H groups in total. The van der Waals surface area contributed by atoms with Gasteiger partial charge < -0.3 is 10.0 Å². The molecule has 0 aromatic carbocycles. The molecule has 0 amide bonds. The molecule has 98 valence electrons. The zero-order valence-electron chi connectivity index (χ0n) is 10.8. The Kier molecular flexibility index (Phi) is 6.22. The smallest absolute Gasteiger partial charge is 0.317 e. The molecule has 1 saturated heterocycles. The number of carboxylic acids is 1. The van der Waals surface area contributed by atoms with Crippen molar-refractivity contribution in [2.24, 2.45) is 0 Å². The third-order valence-electron chi connectivity index (χ3n) is 3.46. The summed E-state index contributed by atoms with van der Waals surface area (Å²) in [5.74, 6) is -0.747. The highest BCUT2D eigenvalue weighted by molar-refractivity contribution is 5.69. The van der Waals surface area contributed by atoms with Crippen LogP contribution in [0.25, 0.3) is 0 Å². The standard InChI is InChI=1S/C13H24N2O2/c1-3-8-15(11-13(16)17)12-6-5-9-14(4-2)10-7-12/h3,12H,1,4-11H2,2H3,(H,16,17). The zero-order chi connectivity index (χ0) is 12.7. The molecule has 0 spiro atoms. The van der Waals surface area contributed by atoms with Gasteiger partial charge in [0.2, 0.25) is 0 Å². The lowest BCUT2D eigenvalue weighted by Crippen LogP contribution is -2.39. The average Bonchev–Trinajstić information content (AvgIpc) is 2.53. The molecule has 0 aromatic heterocycles. The Morgan fingerprint density at radius 2 is 2.29 bits per heavy atom. The van der Waals surface area contributed by atoms with Gasteiger partial charge >= 0.3 is 5.97 Å². The Morgan fingerprint density at radius 3 is 2.88 bits per heavy atom. The van der Waals surface area contributed by atoms with Crippen LogP contribution in [0.1, 0.15) is 26.2 Å². The number of hydrogen-bond acceptors (Lipinski definition) is 3. The Morgan fingerprint density at radius 1 is 1.53 bits per heavy atom. The van der Waals surface area contributed by atoms with Crippen molar-refractivity contribution in [2.45, 2.75) is 32.2 Å². The van der Waals surface area contributed by atoms with Gasteiger partial charge in [0, 0.05) is 12.6 Å². The Bertz CT molecular complexity index is 256. The summed E-state index contributed by atoms with van der Waals surface area (Å²) in [6.45, 7) is 10.00. The number of rotatable bonds is 6. The SMILES string of the molecule is C=CCN(CC(=O)O)C1CCCN(CC)CC1. The second-order valence-electron chi connectivity index (χ2n) is 4.63. The largest absolute Gasteiger partial charge is 0.480 e. The van der Waals surface area contributed by atoms with E-state index in [0.717, 1.165) is 38.9 Å². The van der Waals surface area contributed by atoms with E-state index in [-0.39, 0.29) is 6.54 Å². The summed E-state index contributed by atoms with van der Waals surface area (Å²) in [6, 6.07) is 0.389. The molecule has 1 heterocycles. The topological polar surface area (TPSA) is 43.8 Å². The van der Waals surface area contributed by atoms with Crippen LogP contribution in [0.4, 0.5) is 0 Å². The van der Waals surface area contributed by atoms with Crippen LogP contribution in [0.3, 0.4) is 0 Å². The van der Waals surface area contributed by atoms with Crippen LogP contribution in [0.5, 0.6) is 0 Å². The van der Waals surface area contributed by atoms with E-state index in [2.05, 4.69) is 18.4 Å². The van der Waals surface area contributed by atoms with Gasteiger partial charge in [0.05, 0.1) is 6.54 Å². The van der Waals surface area contributed by atoms with Gasteiger partial charge in [0.15, 0.2) is 0 Å². The normalized spacial score (nSPS) is 22.4. The van der Waals surface area contributed by atoms with Crippen LogP contribution in [-0.4, -0.2) is 59.6 Å². The van der Waals surface area contributed by atoms with E-state index in [1.165, 1.54) is 0 Å². The van der Waals surface area contributed by atoms with E-state index in [4.69, 9.17) is 5.11 Å². The first-order valence-corrected chi connectivity index (χ1v) is 6.46. The van der Waals surface area contributed by atoms with E-state index in [0.29, 0.717) is 12.6 Å². The van der Waals surface area contributed by atoms with Crippen molar-refractivity contribution in [2.75, 3.05) is 32.7 Å². The van der Waals surface area contributed by atoms with Crippen molar-refractivity contribution in [1.29, 1.82) is 0 Å². The molecule has 0 radical (unpaired) electrons. The van der Waals surface area contributed by atoms with Gasteiger partial charge in [-0.1, -0.05) is 13.0 Å². The quantitative estimate of drug-likeness (QED) is 0.713. The molecule has 0 aliphatic carbocycles. The predicted octanol–water partition coefficient (Wildman–Crippen LogP) is 1.43. The second-order valence-corrected chi connectivity index (χ2v) is 4.63. The highest BCUT2D eigenvalue weighted by atomic mass is 16.4. The molecule has 1 rings (SSSR count). The minimum atomic E-state index is -0.747. The Balaban J connectivity index is 2.54. The molecule has 1 aliphatic heterocycles. The number of nitrogens with zero attached hydrogens (tertiary/aromatic N) is 2. The molecule has 0 aromatic rings. The van der Waals surface area contributed by atoms with Gasteiger partial charge in [-0.2, -0.15) is 0 Å². The average molecular weight is 240 g/mol. The van der Waals surface area contributed by atoms with Crippen LogP contribution >= 0.6 is 0 Å². The highest BCUT2D eigenvalue weighted by Gasteiger charge is 2.22. The van der Waals surface area contributed by atoms with Crippen LogP contribution in [0, 0.1) is 0 Å². The van der Waals surface area contributed by atoms with E-state index < -0.39 is 5.97 Å². The summed E-state index contributed by atoms with van der Waals surface area (Å²) in [6.07, 6.45) is 5.11. The van der Waals surface area contributed by atoms with E-state index >= 15 is 0 Å². The number of carbonyl (C=O) groups is 1. The van der Waals surface area contributed by atoms with Crippen molar-refractivity contribution >= 4 is 5.97 Å². The van der Waals surface area contributed by atoms with Gasteiger partial charge in [0.25, 0.3) is 0 Å². The van der Waals surface area contributed by atoms with Crippen LogP contribution in [0.15, 0.2) is 12.7 Å². The van der Waals surface area contributed by atoms with Crippen molar-refractivity contribution in [1.82, 2.24) is 9.80 Å². The Labute approximate surface area is 104 Å². The second kappa shape index (κ2) is 7.45. The number of carboxylic acid groups (broad SMARTS) is 1. The molecule has 4 nitrogen and oxygen atoms in total. The van der Waals surface area contributed by atoms with Gasteiger partial charge in [-0.25, -0.2) is 0 Å². The minimum absolute atomic E-state index is 0.128. The molecular formula is C13H24N2O2. The fraction of sp³-hybridized carbons (Fsp3) is 0.769. The lowest BCUT2D eigenvalue weighted by molar-refractivity contribution is -0.138. The lowest BCUT2D eigenvalue weighted by Gasteiger charge is -2.28. The van der Waals surface area contributed by atoms with E-state index in [1.807, 2.05) is 4.90 Å². The molecular weight excluding hydrogens is 216 g/mol. The van der Waals surface area contributed by atoms with Gasteiger partial charge in [-0.05, 0) is 38.9 Å². The van der Waals surface area contributed by atoms with Crippen LogP contribution < -0.4 is 0 Å². The summed E-state index contributed by atoms with van der Waals surface area (Å²) >= 11 is 0. The first-order chi connectivity index (χ1) is 8.17. The molecule has 17 heavy (non-hydrogen) atoms. The third-order valence-corrected chi connectivity index (χ3v) is 3.46. The number of hydrogen-bond donors (Lipinski definition) is 1. The summed E-state index contributed by atoms with van der Waals surface area (Å²) in [5, 5.41) is 8.92. The monoisotopic (exact) mass is 240 g/mol.